The molecule has 2 aromatic rings. The molecule has 0 aliphatic carbocycles. The van der Waals surface area contributed by atoms with Gasteiger partial charge in [0.25, 0.3) is 0 Å². The van der Waals surface area contributed by atoms with Crippen LogP contribution in [0, 0.1) is 0 Å². The van der Waals surface area contributed by atoms with Gasteiger partial charge in [0, 0.05) is 10.0 Å². The summed E-state index contributed by atoms with van der Waals surface area (Å²) in [5, 5.41) is 4.13. The minimum atomic E-state index is 0.403. The molecular weight excluding hydrogens is 316 g/mol. The number of unbranched alkanes of at least 4 members (excludes halogenated alkanes) is 4. The number of halogens is 1. The van der Waals surface area contributed by atoms with Gasteiger partial charge in [0.1, 0.15) is 0 Å². The molecule has 2 rings (SSSR count). The topological polar surface area (TPSA) is 52.0 Å². The second kappa shape index (κ2) is 7.48. The Balaban J connectivity index is 2.10. The molecule has 3 nitrogen and oxygen atoms in total. The van der Waals surface area contributed by atoms with Gasteiger partial charge >= 0.3 is 0 Å². The van der Waals surface area contributed by atoms with Crippen molar-refractivity contribution in [3.05, 3.63) is 34.4 Å². The standard InChI is InChI=1S/C16H21BrN2O/c1-2-3-4-5-6-11-14-15(16(18)20-19-14)12-9-7-8-10-13(12)17/h7-10H,2-6,11,18H2,1H3. The quantitative estimate of drug-likeness (QED) is 0.707. The van der Waals surface area contributed by atoms with Crippen LogP contribution >= 0.6 is 15.9 Å². The van der Waals surface area contributed by atoms with E-state index in [0.29, 0.717) is 5.88 Å². The normalized spacial score (nSPS) is 10.9. The summed E-state index contributed by atoms with van der Waals surface area (Å²) >= 11 is 3.56. The first kappa shape index (κ1) is 15.1. The maximum atomic E-state index is 5.94. The summed E-state index contributed by atoms with van der Waals surface area (Å²) in [7, 11) is 0. The Labute approximate surface area is 128 Å². The van der Waals surface area contributed by atoms with Crippen molar-refractivity contribution in [1.82, 2.24) is 5.16 Å². The Morgan fingerprint density at radius 2 is 1.90 bits per heavy atom. The molecule has 0 saturated carbocycles. The van der Waals surface area contributed by atoms with Crippen molar-refractivity contribution in [3.8, 4) is 11.1 Å². The average Bonchev–Trinajstić information content (AvgIpc) is 2.80. The lowest BCUT2D eigenvalue weighted by atomic mass is 10.0. The van der Waals surface area contributed by atoms with Crippen LogP contribution in [0.4, 0.5) is 5.88 Å². The first-order chi connectivity index (χ1) is 9.74. The minimum Gasteiger partial charge on any atom is -0.367 e. The number of benzene rings is 1. The lowest BCUT2D eigenvalue weighted by molar-refractivity contribution is 0.426. The highest BCUT2D eigenvalue weighted by molar-refractivity contribution is 9.10. The maximum absolute atomic E-state index is 5.94. The van der Waals surface area contributed by atoms with Crippen LogP contribution in [0.5, 0.6) is 0 Å². The van der Waals surface area contributed by atoms with Gasteiger partial charge in [0.2, 0.25) is 5.88 Å². The van der Waals surface area contributed by atoms with Crippen LogP contribution in [-0.2, 0) is 6.42 Å². The summed E-state index contributed by atoms with van der Waals surface area (Å²) in [6.07, 6.45) is 7.13. The summed E-state index contributed by atoms with van der Waals surface area (Å²) in [5.41, 5.74) is 8.90. The van der Waals surface area contributed by atoms with Crippen molar-refractivity contribution in [1.29, 1.82) is 0 Å². The van der Waals surface area contributed by atoms with Crippen molar-refractivity contribution in [2.45, 2.75) is 45.4 Å². The van der Waals surface area contributed by atoms with Crippen LogP contribution in [0.3, 0.4) is 0 Å². The van der Waals surface area contributed by atoms with Gasteiger partial charge in [-0.3, -0.25) is 0 Å². The maximum Gasteiger partial charge on any atom is 0.230 e. The van der Waals surface area contributed by atoms with E-state index >= 15 is 0 Å². The highest BCUT2D eigenvalue weighted by Gasteiger charge is 2.17. The largest absolute Gasteiger partial charge is 0.367 e. The van der Waals surface area contributed by atoms with Crippen LogP contribution in [0.2, 0.25) is 0 Å². The van der Waals surface area contributed by atoms with Crippen LogP contribution in [-0.4, -0.2) is 5.16 Å². The lowest BCUT2D eigenvalue weighted by Crippen LogP contribution is -1.92. The SMILES string of the molecule is CCCCCCCc1noc(N)c1-c1ccccc1Br. The molecule has 0 aliphatic rings. The number of hydrogen-bond donors (Lipinski definition) is 1. The van der Waals surface area contributed by atoms with E-state index in [2.05, 4.69) is 28.0 Å². The van der Waals surface area contributed by atoms with Crippen LogP contribution in [0.1, 0.15) is 44.7 Å². The van der Waals surface area contributed by atoms with Crippen LogP contribution < -0.4 is 5.73 Å². The van der Waals surface area contributed by atoms with E-state index in [0.717, 1.165) is 34.1 Å². The zero-order valence-electron chi connectivity index (χ0n) is 11.9. The molecule has 0 spiro atoms. The Morgan fingerprint density at radius 3 is 2.65 bits per heavy atom. The van der Waals surface area contributed by atoms with Gasteiger partial charge in [-0.15, -0.1) is 0 Å². The molecule has 108 valence electrons. The van der Waals surface area contributed by atoms with Crippen LogP contribution in [0.25, 0.3) is 11.1 Å². The predicted molar refractivity (Wildman–Crippen MR) is 86.5 cm³/mol. The first-order valence-electron chi connectivity index (χ1n) is 7.23. The molecule has 4 heteroatoms. The molecule has 0 atom stereocenters. The van der Waals surface area contributed by atoms with Crippen molar-refractivity contribution >= 4 is 21.8 Å². The third-order valence-electron chi connectivity index (χ3n) is 3.45. The summed E-state index contributed by atoms with van der Waals surface area (Å²) in [6.45, 7) is 2.23. The van der Waals surface area contributed by atoms with E-state index in [1.54, 1.807) is 0 Å². The van der Waals surface area contributed by atoms with Gasteiger partial charge in [-0.25, -0.2) is 0 Å². The van der Waals surface area contributed by atoms with Gasteiger partial charge in [0.05, 0.1) is 11.3 Å². The number of nitrogens with two attached hydrogens (primary N) is 1. The van der Waals surface area contributed by atoms with E-state index < -0.39 is 0 Å². The molecular formula is C16H21BrN2O. The third-order valence-corrected chi connectivity index (χ3v) is 4.14. The van der Waals surface area contributed by atoms with E-state index in [9.17, 15) is 0 Å². The molecule has 0 aliphatic heterocycles. The van der Waals surface area contributed by atoms with Crippen molar-refractivity contribution in [3.63, 3.8) is 0 Å². The van der Waals surface area contributed by atoms with Crippen molar-refractivity contribution in [2.75, 3.05) is 5.73 Å². The Kier molecular flexibility index (Phi) is 5.65. The molecule has 0 radical (unpaired) electrons. The highest BCUT2D eigenvalue weighted by atomic mass is 79.9. The first-order valence-corrected chi connectivity index (χ1v) is 8.02. The van der Waals surface area contributed by atoms with Gasteiger partial charge in [-0.05, 0) is 18.9 Å². The number of hydrogen-bond acceptors (Lipinski definition) is 3. The second-order valence-electron chi connectivity index (χ2n) is 5.01. The van der Waals surface area contributed by atoms with Crippen LogP contribution in [0.15, 0.2) is 33.3 Å². The molecule has 2 N–H and O–H groups in total. The smallest absolute Gasteiger partial charge is 0.230 e. The number of nitrogens with zero attached hydrogens (tertiary/aromatic N) is 1. The fourth-order valence-corrected chi connectivity index (χ4v) is 2.84. The van der Waals surface area contributed by atoms with Gasteiger partial charge in [-0.2, -0.15) is 0 Å². The Bertz CT molecular complexity index is 551. The number of rotatable bonds is 7. The molecule has 1 aromatic heterocycles. The Hall–Kier alpha value is -1.29. The second-order valence-corrected chi connectivity index (χ2v) is 5.87. The van der Waals surface area contributed by atoms with E-state index in [1.807, 2.05) is 24.3 Å². The van der Waals surface area contributed by atoms with Gasteiger partial charge in [-0.1, -0.05) is 71.9 Å². The molecule has 0 unspecified atom stereocenters. The monoisotopic (exact) mass is 336 g/mol. The minimum absolute atomic E-state index is 0.403. The summed E-state index contributed by atoms with van der Waals surface area (Å²) in [5.74, 6) is 0.403. The fourth-order valence-electron chi connectivity index (χ4n) is 2.36. The molecule has 0 fully saturated rings. The summed E-state index contributed by atoms with van der Waals surface area (Å²) in [6, 6.07) is 8.03. The summed E-state index contributed by atoms with van der Waals surface area (Å²) < 4.78 is 6.21. The van der Waals surface area contributed by atoms with Crippen molar-refractivity contribution in [2.24, 2.45) is 0 Å². The third kappa shape index (κ3) is 3.63. The average molecular weight is 337 g/mol. The lowest BCUT2D eigenvalue weighted by Gasteiger charge is -2.05. The number of anilines is 1. The molecule has 0 amide bonds. The fraction of sp³-hybridized carbons (Fsp3) is 0.438. The number of aromatic nitrogens is 1. The van der Waals surface area contributed by atoms with E-state index in [4.69, 9.17) is 10.3 Å². The molecule has 20 heavy (non-hydrogen) atoms. The number of nitrogen functional groups attached to an aromatic ring is 1. The van der Waals surface area contributed by atoms with Gasteiger partial charge in [0.15, 0.2) is 0 Å². The zero-order valence-corrected chi connectivity index (χ0v) is 13.4. The van der Waals surface area contributed by atoms with Gasteiger partial charge < -0.3 is 10.3 Å². The summed E-state index contributed by atoms with van der Waals surface area (Å²) in [4.78, 5) is 0. The number of aryl methyl sites for hydroxylation is 1. The molecule has 1 aromatic carbocycles. The molecule has 1 heterocycles. The molecule has 0 saturated heterocycles. The zero-order chi connectivity index (χ0) is 14.4. The Morgan fingerprint density at radius 1 is 1.15 bits per heavy atom. The van der Waals surface area contributed by atoms with E-state index in [1.165, 1.54) is 25.7 Å². The van der Waals surface area contributed by atoms with Crippen molar-refractivity contribution < 1.29 is 4.52 Å². The molecule has 0 bridgehead atoms. The predicted octanol–water partition coefficient (Wildman–Crippen LogP) is 5.20. The highest BCUT2D eigenvalue weighted by Crippen LogP contribution is 2.35. The van der Waals surface area contributed by atoms with E-state index in [-0.39, 0.29) is 0 Å².